The minimum atomic E-state index is -5.38. The van der Waals surface area contributed by atoms with Crippen LogP contribution in [0.5, 0.6) is 0 Å². The number of halogens is 7. The molecular formula is C10H11F7. The molecule has 100 valence electrons. The van der Waals surface area contributed by atoms with E-state index in [9.17, 15) is 30.7 Å². The SMILES string of the molecule is CCC(F)(F)C(F)(F)C(F)=C(F)C(F)=C(C)C. The predicted molar refractivity (Wildman–Crippen MR) is 48.9 cm³/mol. The summed E-state index contributed by atoms with van der Waals surface area (Å²) in [6.07, 6.45) is -1.41. The van der Waals surface area contributed by atoms with Gasteiger partial charge in [0.15, 0.2) is 11.7 Å². The van der Waals surface area contributed by atoms with E-state index < -0.39 is 41.3 Å². The van der Waals surface area contributed by atoms with E-state index >= 15 is 0 Å². The molecule has 0 aromatic heterocycles. The van der Waals surface area contributed by atoms with Crippen molar-refractivity contribution in [3.63, 3.8) is 0 Å². The molecule has 0 nitrogen and oxygen atoms in total. The summed E-state index contributed by atoms with van der Waals surface area (Å²) in [7, 11) is 0. The first-order valence-corrected chi connectivity index (χ1v) is 4.63. The van der Waals surface area contributed by atoms with Crippen molar-refractivity contribution >= 4 is 0 Å². The first-order valence-electron chi connectivity index (χ1n) is 4.63. The van der Waals surface area contributed by atoms with Crippen LogP contribution in [0.1, 0.15) is 27.2 Å². The van der Waals surface area contributed by atoms with Gasteiger partial charge in [-0.2, -0.15) is 17.6 Å². The van der Waals surface area contributed by atoms with Gasteiger partial charge in [-0.25, -0.2) is 13.2 Å². The van der Waals surface area contributed by atoms with Gasteiger partial charge in [0, 0.05) is 6.42 Å². The molecule has 0 bridgehead atoms. The summed E-state index contributed by atoms with van der Waals surface area (Å²) in [5.74, 6) is -17.8. The molecule has 0 unspecified atom stereocenters. The van der Waals surface area contributed by atoms with Crippen LogP contribution in [0.15, 0.2) is 23.1 Å². The lowest BCUT2D eigenvalue weighted by Gasteiger charge is -2.24. The van der Waals surface area contributed by atoms with Crippen LogP contribution in [-0.4, -0.2) is 11.8 Å². The maximum absolute atomic E-state index is 12.9. The molecule has 0 aliphatic rings. The molecular weight excluding hydrogens is 253 g/mol. The Bertz CT molecular complexity index is 348. The maximum atomic E-state index is 12.9. The van der Waals surface area contributed by atoms with Crippen LogP contribution < -0.4 is 0 Å². The number of rotatable bonds is 4. The summed E-state index contributed by atoms with van der Waals surface area (Å²) in [5.41, 5.74) is -0.437. The molecule has 0 amide bonds. The van der Waals surface area contributed by atoms with Crippen LogP contribution in [0.4, 0.5) is 30.7 Å². The quantitative estimate of drug-likeness (QED) is 0.490. The fourth-order valence-electron chi connectivity index (χ4n) is 0.836. The zero-order valence-electron chi connectivity index (χ0n) is 9.35. The molecule has 0 saturated carbocycles. The van der Waals surface area contributed by atoms with Crippen LogP contribution in [0.2, 0.25) is 0 Å². The number of hydrogen-bond donors (Lipinski definition) is 0. The summed E-state index contributed by atoms with van der Waals surface area (Å²) >= 11 is 0. The molecule has 0 saturated heterocycles. The normalized spacial score (nSPS) is 14.5. The van der Waals surface area contributed by atoms with Gasteiger partial charge in [0.25, 0.3) is 0 Å². The van der Waals surface area contributed by atoms with Gasteiger partial charge in [0.2, 0.25) is 5.83 Å². The van der Waals surface area contributed by atoms with Crippen LogP contribution in [0, 0.1) is 0 Å². The molecule has 0 atom stereocenters. The second-order valence-corrected chi connectivity index (χ2v) is 3.57. The second-order valence-electron chi connectivity index (χ2n) is 3.57. The van der Waals surface area contributed by atoms with Gasteiger partial charge in [-0.15, -0.1) is 0 Å². The summed E-state index contributed by atoms with van der Waals surface area (Å²) in [6.45, 7) is 2.65. The highest BCUT2D eigenvalue weighted by Gasteiger charge is 2.59. The van der Waals surface area contributed by atoms with Gasteiger partial charge in [-0.1, -0.05) is 6.92 Å². The van der Waals surface area contributed by atoms with Crippen LogP contribution >= 0.6 is 0 Å². The van der Waals surface area contributed by atoms with Gasteiger partial charge >= 0.3 is 11.8 Å². The van der Waals surface area contributed by atoms with E-state index in [4.69, 9.17) is 0 Å². The molecule has 7 heteroatoms. The molecule has 17 heavy (non-hydrogen) atoms. The first kappa shape index (κ1) is 16.0. The summed E-state index contributed by atoms with van der Waals surface area (Å²) in [6, 6.07) is 0. The summed E-state index contributed by atoms with van der Waals surface area (Å²) < 4.78 is 89.6. The Hall–Kier alpha value is -1.01. The molecule has 0 aliphatic heterocycles. The van der Waals surface area contributed by atoms with Crippen molar-refractivity contribution in [2.24, 2.45) is 0 Å². The Labute approximate surface area is 93.8 Å². The van der Waals surface area contributed by atoms with E-state index in [1.54, 1.807) is 0 Å². The maximum Gasteiger partial charge on any atom is 0.363 e. The molecule has 0 spiro atoms. The third-order valence-corrected chi connectivity index (χ3v) is 2.00. The first-order chi connectivity index (χ1) is 7.49. The average molecular weight is 264 g/mol. The standard InChI is InChI=1S/C10H11F7/c1-4-9(14,15)10(16,17)8(13)7(12)6(11)5(2)3/h4H2,1-3H3. The Kier molecular flexibility index (Phi) is 4.79. The van der Waals surface area contributed by atoms with Crippen molar-refractivity contribution in [1.82, 2.24) is 0 Å². The minimum Gasteiger partial charge on any atom is -0.204 e. The molecule has 0 aromatic rings. The lowest BCUT2D eigenvalue weighted by molar-refractivity contribution is -0.197. The fraction of sp³-hybridized carbons (Fsp3) is 0.600. The molecule has 0 N–H and O–H groups in total. The van der Waals surface area contributed by atoms with Crippen molar-refractivity contribution in [2.45, 2.75) is 39.0 Å². The van der Waals surface area contributed by atoms with E-state index in [1.165, 1.54) is 0 Å². The van der Waals surface area contributed by atoms with Crippen molar-refractivity contribution < 1.29 is 30.7 Å². The van der Waals surface area contributed by atoms with Gasteiger partial charge < -0.3 is 0 Å². The third kappa shape index (κ3) is 3.01. The lowest BCUT2D eigenvalue weighted by Crippen LogP contribution is -2.40. The zero-order chi connectivity index (χ0) is 14.0. The lowest BCUT2D eigenvalue weighted by atomic mass is 10.1. The van der Waals surface area contributed by atoms with Crippen molar-refractivity contribution in [3.05, 3.63) is 23.1 Å². The van der Waals surface area contributed by atoms with Crippen molar-refractivity contribution in [1.29, 1.82) is 0 Å². The molecule has 0 aliphatic carbocycles. The average Bonchev–Trinajstić information content (AvgIpc) is 2.25. The fourth-order valence-corrected chi connectivity index (χ4v) is 0.836. The molecule has 0 aromatic carbocycles. The van der Waals surface area contributed by atoms with Crippen LogP contribution in [-0.2, 0) is 0 Å². The van der Waals surface area contributed by atoms with Gasteiger partial charge in [-0.3, -0.25) is 0 Å². The Morgan fingerprint density at radius 1 is 0.882 bits per heavy atom. The molecule has 0 radical (unpaired) electrons. The number of alkyl halides is 4. The highest BCUT2D eigenvalue weighted by atomic mass is 19.3. The van der Waals surface area contributed by atoms with Gasteiger partial charge in [0.05, 0.1) is 0 Å². The Morgan fingerprint density at radius 2 is 1.29 bits per heavy atom. The van der Waals surface area contributed by atoms with E-state index in [2.05, 4.69) is 0 Å². The number of allylic oxidation sites excluding steroid dienone is 4. The molecule has 0 fully saturated rings. The van der Waals surface area contributed by atoms with E-state index in [0.717, 1.165) is 13.8 Å². The van der Waals surface area contributed by atoms with Gasteiger partial charge in [0.1, 0.15) is 0 Å². The molecule has 0 rings (SSSR count). The second kappa shape index (κ2) is 5.10. The summed E-state index contributed by atoms with van der Waals surface area (Å²) in [5, 5.41) is 0. The van der Waals surface area contributed by atoms with E-state index in [0.29, 0.717) is 6.92 Å². The van der Waals surface area contributed by atoms with Gasteiger partial charge in [-0.05, 0) is 19.4 Å². The van der Waals surface area contributed by atoms with E-state index in [1.807, 2.05) is 0 Å². The highest BCUT2D eigenvalue weighted by Crippen LogP contribution is 2.45. The number of hydrogen-bond acceptors (Lipinski definition) is 0. The predicted octanol–water partition coefficient (Wildman–Crippen LogP) is 5.08. The summed E-state index contributed by atoms with van der Waals surface area (Å²) in [4.78, 5) is 0. The minimum absolute atomic E-state index is 0.437. The topological polar surface area (TPSA) is 0 Å². The third-order valence-electron chi connectivity index (χ3n) is 2.00. The highest BCUT2D eigenvalue weighted by molar-refractivity contribution is 5.29. The Morgan fingerprint density at radius 3 is 1.59 bits per heavy atom. The van der Waals surface area contributed by atoms with Crippen molar-refractivity contribution in [2.75, 3.05) is 0 Å². The monoisotopic (exact) mass is 264 g/mol. The van der Waals surface area contributed by atoms with Crippen LogP contribution in [0.25, 0.3) is 0 Å². The van der Waals surface area contributed by atoms with E-state index in [-0.39, 0.29) is 0 Å². The van der Waals surface area contributed by atoms with Crippen molar-refractivity contribution in [3.8, 4) is 0 Å². The Balaban J connectivity index is 5.66. The molecule has 0 heterocycles. The largest absolute Gasteiger partial charge is 0.363 e. The zero-order valence-corrected chi connectivity index (χ0v) is 9.35. The van der Waals surface area contributed by atoms with Crippen LogP contribution in [0.3, 0.4) is 0 Å². The smallest absolute Gasteiger partial charge is 0.204 e.